The number of benzene rings is 1. The Hall–Kier alpha value is -1.74. The summed E-state index contributed by atoms with van der Waals surface area (Å²) >= 11 is 4.06. The lowest BCUT2D eigenvalue weighted by molar-refractivity contribution is 0.103. The normalized spacial score (nSPS) is 10.9. The number of hydrogen-bond donors (Lipinski definition) is 2. The first-order chi connectivity index (χ1) is 7.56. The number of phenolic OH excluding ortho intramolecular Hbond substituents is 1. The lowest BCUT2D eigenvalue weighted by Gasteiger charge is -2.04. The Morgan fingerprint density at radius 1 is 1.31 bits per heavy atom. The van der Waals surface area contributed by atoms with E-state index in [-0.39, 0.29) is 11.5 Å². The quantitative estimate of drug-likeness (QED) is 0.362. The zero-order chi connectivity index (χ0) is 12.1. The average Bonchev–Trinajstić information content (AvgIpc) is 2.25. The number of thiol groups is 1. The van der Waals surface area contributed by atoms with E-state index in [0.717, 1.165) is 0 Å². The Morgan fingerprint density at radius 2 is 1.88 bits per heavy atom. The Bertz CT molecular complexity index is 455. The Morgan fingerprint density at radius 3 is 2.31 bits per heavy atom. The number of rotatable bonds is 4. The predicted octanol–water partition coefficient (Wildman–Crippen LogP) is 3.13. The summed E-state index contributed by atoms with van der Waals surface area (Å²) in [5.74, 6) is -0.0737. The molecule has 1 aromatic rings. The number of hydrogen-bond acceptors (Lipinski definition) is 3. The van der Waals surface area contributed by atoms with Gasteiger partial charge in [-0.1, -0.05) is 25.3 Å². The highest BCUT2D eigenvalue weighted by molar-refractivity contribution is 7.84. The fourth-order valence-electron chi connectivity index (χ4n) is 1.19. The molecule has 1 aromatic carbocycles. The molecular formula is C13H12O2S. The van der Waals surface area contributed by atoms with Crippen molar-refractivity contribution in [2.75, 3.05) is 0 Å². The molecule has 0 unspecified atom stereocenters. The number of aromatic hydroxyl groups is 1. The molecule has 0 spiro atoms. The molecule has 16 heavy (non-hydrogen) atoms. The molecule has 3 heteroatoms. The molecule has 0 amide bonds. The van der Waals surface area contributed by atoms with Gasteiger partial charge in [-0.15, -0.1) is 12.6 Å². The molecule has 0 aliphatic carbocycles. The van der Waals surface area contributed by atoms with Gasteiger partial charge < -0.3 is 5.11 Å². The molecule has 0 aliphatic rings. The van der Waals surface area contributed by atoms with E-state index in [2.05, 4.69) is 25.8 Å². The van der Waals surface area contributed by atoms with Crippen LogP contribution >= 0.6 is 12.6 Å². The van der Waals surface area contributed by atoms with Crippen molar-refractivity contribution in [3.63, 3.8) is 0 Å². The van der Waals surface area contributed by atoms with Gasteiger partial charge in [0.25, 0.3) is 0 Å². The van der Waals surface area contributed by atoms with Gasteiger partial charge in [-0.3, -0.25) is 4.79 Å². The van der Waals surface area contributed by atoms with Gasteiger partial charge in [0, 0.05) is 16.0 Å². The molecule has 82 valence electrons. The number of Topliss-reactive ketones (excluding diaryl/α,β-unsaturated/α-hetero) is 1. The molecule has 0 saturated heterocycles. The van der Waals surface area contributed by atoms with Crippen LogP contribution in [0.3, 0.4) is 0 Å². The molecule has 0 saturated carbocycles. The van der Waals surface area contributed by atoms with E-state index >= 15 is 0 Å². The molecule has 1 N–H and O–H groups in total. The lowest BCUT2D eigenvalue weighted by Crippen LogP contribution is -2.03. The second kappa shape index (κ2) is 5.37. The fraction of sp³-hybridized carbons (Fsp3) is 0. The SMILES string of the molecule is C=C/C=C(\C(=C)S)C(=O)c1ccc(O)cc1. The van der Waals surface area contributed by atoms with Crippen molar-refractivity contribution in [2.24, 2.45) is 0 Å². The van der Waals surface area contributed by atoms with E-state index < -0.39 is 0 Å². The van der Waals surface area contributed by atoms with Crippen molar-refractivity contribution < 1.29 is 9.90 Å². The minimum absolute atomic E-state index is 0.121. The standard InChI is InChI=1S/C13H12O2S/c1-3-4-12(9(2)16)13(15)10-5-7-11(14)8-6-10/h3-8,14,16H,1-2H2/b12-4+. The van der Waals surface area contributed by atoms with Gasteiger partial charge in [-0.25, -0.2) is 0 Å². The van der Waals surface area contributed by atoms with Crippen LogP contribution in [0.25, 0.3) is 0 Å². The van der Waals surface area contributed by atoms with E-state index in [9.17, 15) is 4.79 Å². The highest BCUT2D eigenvalue weighted by Gasteiger charge is 2.12. The zero-order valence-electron chi connectivity index (χ0n) is 8.68. The van der Waals surface area contributed by atoms with Crippen molar-refractivity contribution in [3.8, 4) is 5.75 Å². The number of allylic oxidation sites excluding steroid dienone is 3. The Balaban J connectivity index is 3.09. The first-order valence-electron chi connectivity index (χ1n) is 4.61. The van der Waals surface area contributed by atoms with Crippen LogP contribution in [0, 0.1) is 0 Å². The van der Waals surface area contributed by atoms with Crippen molar-refractivity contribution >= 4 is 18.4 Å². The molecule has 1 rings (SSSR count). The number of phenols is 1. The highest BCUT2D eigenvalue weighted by Crippen LogP contribution is 2.19. The first-order valence-corrected chi connectivity index (χ1v) is 5.05. The number of ketones is 1. The van der Waals surface area contributed by atoms with Crippen LogP contribution in [-0.2, 0) is 0 Å². The van der Waals surface area contributed by atoms with Gasteiger partial charge in [0.15, 0.2) is 5.78 Å². The lowest BCUT2D eigenvalue weighted by atomic mass is 10.0. The summed E-state index contributed by atoms with van der Waals surface area (Å²) in [4.78, 5) is 12.4. The van der Waals surface area contributed by atoms with Gasteiger partial charge >= 0.3 is 0 Å². The van der Waals surface area contributed by atoms with Crippen LogP contribution in [0.5, 0.6) is 5.75 Å². The molecule has 0 atom stereocenters. The van der Waals surface area contributed by atoms with Crippen LogP contribution in [0.15, 0.2) is 60.1 Å². The summed E-state index contributed by atoms with van der Waals surface area (Å²) in [5, 5.41) is 9.11. The van der Waals surface area contributed by atoms with Crippen molar-refractivity contribution in [3.05, 3.63) is 65.6 Å². The number of carbonyl (C=O) groups excluding carboxylic acids is 1. The average molecular weight is 232 g/mol. The minimum Gasteiger partial charge on any atom is -0.508 e. The summed E-state index contributed by atoms with van der Waals surface area (Å²) in [6, 6.07) is 6.01. The summed E-state index contributed by atoms with van der Waals surface area (Å²) in [7, 11) is 0. The van der Waals surface area contributed by atoms with Gasteiger partial charge in [0.2, 0.25) is 0 Å². The first kappa shape index (κ1) is 12.3. The minimum atomic E-state index is -0.195. The Kier molecular flexibility index (Phi) is 4.14. The zero-order valence-corrected chi connectivity index (χ0v) is 9.58. The van der Waals surface area contributed by atoms with Gasteiger partial charge in [-0.05, 0) is 24.3 Å². The van der Waals surface area contributed by atoms with E-state index in [1.807, 2.05) is 0 Å². The van der Waals surface area contributed by atoms with E-state index in [1.165, 1.54) is 18.2 Å². The van der Waals surface area contributed by atoms with Gasteiger partial charge in [0.1, 0.15) is 5.75 Å². The smallest absolute Gasteiger partial charge is 0.194 e. The molecule has 0 fully saturated rings. The second-order valence-electron chi connectivity index (χ2n) is 3.14. The molecular weight excluding hydrogens is 220 g/mol. The second-order valence-corrected chi connectivity index (χ2v) is 3.68. The van der Waals surface area contributed by atoms with Crippen molar-refractivity contribution in [1.82, 2.24) is 0 Å². The third kappa shape index (κ3) is 2.87. The summed E-state index contributed by atoms with van der Waals surface area (Å²) in [6.45, 7) is 7.15. The molecule has 0 aliphatic heterocycles. The maximum atomic E-state index is 12.0. The van der Waals surface area contributed by atoms with E-state index in [4.69, 9.17) is 5.11 Å². The van der Waals surface area contributed by atoms with Crippen molar-refractivity contribution in [2.45, 2.75) is 0 Å². The number of carbonyl (C=O) groups is 1. The maximum Gasteiger partial charge on any atom is 0.194 e. The summed E-state index contributed by atoms with van der Waals surface area (Å²) in [5.41, 5.74) is 0.866. The van der Waals surface area contributed by atoms with Crippen LogP contribution in [0.4, 0.5) is 0 Å². The van der Waals surface area contributed by atoms with E-state index in [0.29, 0.717) is 16.0 Å². The molecule has 0 heterocycles. The predicted molar refractivity (Wildman–Crippen MR) is 68.8 cm³/mol. The topological polar surface area (TPSA) is 37.3 Å². The summed E-state index contributed by atoms with van der Waals surface area (Å²) in [6.07, 6.45) is 3.07. The van der Waals surface area contributed by atoms with Crippen molar-refractivity contribution in [1.29, 1.82) is 0 Å². The van der Waals surface area contributed by atoms with Gasteiger partial charge in [-0.2, -0.15) is 0 Å². The van der Waals surface area contributed by atoms with Gasteiger partial charge in [0.05, 0.1) is 0 Å². The van der Waals surface area contributed by atoms with Crippen LogP contribution < -0.4 is 0 Å². The largest absolute Gasteiger partial charge is 0.508 e. The third-order valence-electron chi connectivity index (χ3n) is 1.97. The highest BCUT2D eigenvalue weighted by atomic mass is 32.1. The molecule has 0 radical (unpaired) electrons. The van der Waals surface area contributed by atoms with E-state index in [1.54, 1.807) is 18.2 Å². The van der Waals surface area contributed by atoms with Crippen LogP contribution in [-0.4, -0.2) is 10.9 Å². The molecule has 2 nitrogen and oxygen atoms in total. The van der Waals surface area contributed by atoms with Crippen LogP contribution in [0.2, 0.25) is 0 Å². The molecule has 0 aromatic heterocycles. The third-order valence-corrected chi connectivity index (χ3v) is 2.21. The van der Waals surface area contributed by atoms with Crippen LogP contribution in [0.1, 0.15) is 10.4 Å². The Labute approximate surface area is 100 Å². The maximum absolute atomic E-state index is 12.0. The fourth-order valence-corrected chi connectivity index (χ4v) is 1.37. The summed E-state index contributed by atoms with van der Waals surface area (Å²) < 4.78 is 0. The monoisotopic (exact) mass is 232 g/mol. The molecule has 0 bridgehead atoms.